The van der Waals surface area contributed by atoms with Crippen LogP contribution >= 0.6 is 0 Å². The first kappa shape index (κ1) is 11.7. The van der Waals surface area contributed by atoms with Crippen LogP contribution in [0.3, 0.4) is 0 Å². The fraction of sp³-hybridized carbons (Fsp3) is 0.500. The summed E-state index contributed by atoms with van der Waals surface area (Å²) in [6.07, 6.45) is 6.97. The van der Waals surface area contributed by atoms with Gasteiger partial charge in [0, 0.05) is 12.4 Å². The van der Waals surface area contributed by atoms with Gasteiger partial charge in [-0.2, -0.15) is 5.26 Å². The van der Waals surface area contributed by atoms with Gasteiger partial charge in [-0.25, -0.2) is 0 Å². The summed E-state index contributed by atoms with van der Waals surface area (Å²) >= 11 is 0. The number of aromatic nitrogens is 1. The number of nitrogens with zero attached hydrogens (tertiary/aromatic N) is 2. The average Bonchev–Trinajstić information content (AvgIpc) is 2.30. The van der Waals surface area contributed by atoms with E-state index in [0.717, 1.165) is 18.5 Å². The monoisotopic (exact) mass is 203 g/mol. The zero-order valence-electron chi connectivity index (χ0n) is 9.11. The standard InChI is InChI=1S/C12H17N3/c1-2-3-4-7-15-12(10-13)11-5-8-14-9-6-11/h5-6,8-9,12,15H,2-4,7H2,1H3. The van der Waals surface area contributed by atoms with Crippen molar-refractivity contribution in [2.24, 2.45) is 0 Å². The summed E-state index contributed by atoms with van der Waals surface area (Å²) in [5.41, 5.74) is 0.990. The molecule has 1 rings (SSSR count). The molecule has 1 N–H and O–H groups in total. The van der Waals surface area contributed by atoms with Gasteiger partial charge in [0.2, 0.25) is 0 Å². The molecule has 15 heavy (non-hydrogen) atoms. The highest BCUT2D eigenvalue weighted by atomic mass is 14.9. The van der Waals surface area contributed by atoms with Gasteiger partial charge in [-0.1, -0.05) is 19.8 Å². The van der Waals surface area contributed by atoms with Gasteiger partial charge >= 0.3 is 0 Å². The number of hydrogen-bond acceptors (Lipinski definition) is 3. The summed E-state index contributed by atoms with van der Waals surface area (Å²) in [6.45, 7) is 3.07. The molecule has 1 unspecified atom stereocenters. The van der Waals surface area contributed by atoms with E-state index in [1.165, 1.54) is 12.8 Å². The van der Waals surface area contributed by atoms with Crippen LogP contribution < -0.4 is 5.32 Å². The third-order valence-corrected chi connectivity index (χ3v) is 2.30. The minimum absolute atomic E-state index is 0.204. The zero-order valence-corrected chi connectivity index (χ0v) is 9.11. The van der Waals surface area contributed by atoms with E-state index in [2.05, 4.69) is 23.3 Å². The molecule has 3 heteroatoms. The number of rotatable bonds is 6. The Labute approximate surface area is 91.1 Å². The Hall–Kier alpha value is -1.40. The summed E-state index contributed by atoms with van der Waals surface area (Å²) in [5.74, 6) is 0. The average molecular weight is 203 g/mol. The Kier molecular flexibility index (Phi) is 5.42. The highest BCUT2D eigenvalue weighted by molar-refractivity contribution is 5.20. The van der Waals surface area contributed by atoms with Gasteiger partial charge in [0.05, 0.1) is 6.07 Å². The topological polar surface area (TPSA) is 48.7 Å². The number of nitrogens with one attached hydrogen (secondary N) is 1. The molecule has 80 valence electrons. The SMILES string of the molecule is CCCCCNC(C#N)c1ccncc1. The molecule has 0 radical (unpaired) electrons. The van der Waals surface area contributed by atoms with Crippen LogP contribution in [0.25, 0.3) is 0 Å². The fourth-order valence-corrected chi connectivity index (χ4v) is 1.42. The van der Waals surface area contributed by atoms with Crippen molar-refractivity contribution in [3.05, 3.63) is 30.1 Å². The Morgan fingerprint density at radius 2 is 2.13 bits per heavy atom. The van der Waals surface area contributed by atoms with Gasteiger partial charge in [-0.15, -0.1) is 0 Å². The highest BCUT2D eigenvalue weighted by Crippen LogP contribution is 2.10. The Morgan fingerprint density at radius 1 is 1.40 bits per heavy atom. The predicted molar refractivity (Wildman–Crippen MR) is 60.1 cm³/mol. The van der Waals surface area contributed by atoms with E-state index in [4.69, 9.17) is 5.26 Å². The molecule has 0 saturated carbocycles. The fourth-order valence-electron chi connectivity index (χ4n) is 1.42. The van der Waals surface area contributed by atoms with Gasteiger partial charge in [-0.05, 0) is 30.7 Å². The van der Waals surface area contributed by atoms with Gasteiger partial charge < -0.3 is 0 Å². The first-order valence-electron chi connectivity index (χ1n) is 5.41. The van der Waals surface area contributed by atoms with Gasteiger partial charge in [-0.3, -0.25) is 10.3 Å². The Bertz CT molecular complexity index is 302. The van der Waals surface area contributed by atoms with Crippen LogP contribution in [0.15, 0.2) is 24.5 Å². The molecule has 1 heterocycles. The molecule has 0 fully saturated rings. The number of pyridine rings is 1. The summed E-state index contributed by atoms with van der Waals surface area (Å²) in [4.78, 5) is 3.93. The lowest BCUT2D eigenvalue weighted by Crippen LogP contribution is -2.21. The quantitative estimate of drug-likeness (QED) is 0.722. The molecule has 0 saturated heterocycles. The van der Waals surface area contributed by atoms with Crippen LogP contribution in [-0.2, 0) is 0 Å². The van der Waals surface area contributed by atoms with Gasteiger partial charge in [0.1, 0.15) is 6.04 Å². The molecule has 0 bridgehead atoms. The lowest BCUT2D eigenvalue weighted by atomic mass is 10.1. The van der Waals surface area contributed by atoms with Crippen molar-refractivity contribution in [2.45, 2.75) is 32.2 Å². The highest BCUT2D eigenvalue weighted by Gasteiger charge is 2.07. The van der Waals surface area contributed by atoms with Gasteiger partial charge in [0.15, 0.2) is 0 Å². The first-order valence-corrected chi connectivity index (χ1v) is 5.41. The molecule has 0 aliphatic heterocycles. The molecule has 1 aromatic rings. The molecule has 0 spiro atoms. The predicted octanol–water partition coefficient (Wildman–Crippen LogP) is 2.43. The van der Waals surface area contributed by atoms with Crippen molar-refractivity contribution >= 4 is 0 Å². The van der Waals surface area contributed by atoms with Crippen LogP contribution in [0.4, 0.5) is 0 Å². The largest absolute Gasteiger partial charge is 0.298 e. The molecule has 0 aliphatic carbocycles. The minimum Gasteiger partial charge on any atom is -0.298 e. The van der Waals surface area contributed by atoms with Crippen molar-refractivity contribution in [3.8, 4) is 6.07 Å². The van der Waals surface area contributed by atoms with E-state index >= 15 is 0 Å². The number of nitriles is 1. The molecule has 0 aromatic carbocycles. The second-order valence-corrected chi connectivity index (χ2v) is 3.50. The third kappa shape index (κ3) is 4.09. The second kappa shape index (κ2) is 6.97. The summed E-state index contributed by atoms with van der Waals surface area (Å²) in [6, 6.07) is 5.80. The maximum absolute atomic E-state index is 9.00. The van der Waals surface area contributed by atoms with Crippen molar-refractivity contribution in [2.75, 3.05) is 6.54 Å². The van der Waals surface area contributed by atoms with Crippen LogP contribution in [-0.4, -0.2) is 11.5 Å². The number of unbranched alkanes of at least 4 members (excludes halogenated alkanes) is 2. The molecule has 1 atom stereocenters. The zero-order chi connectivity index (χ0) is 10.9. The maximum atomic E-state index is 9.00. The van der Waals surface area contributed by atoms with Crippen LogP contribution in [0.2, 0.25) is 0 Å². The van der Waals surface area contributed by atoms with E-state index < -0.39 is 0 Å². The van der Waals surface area contributed by atoms with Gasteiger partial charge in [0.25, 0.3) is 0 Å². The van der Waals surface area contributed by atoms with Crippen molar-refractivity contribution in [1.29, 1.82) is 5.26 Å². The van der Waals surface area contributed by atoms with Crippen LogP contribution in [0, 0.1) is 11.3 Å². The van der Waals surface area contributed by atoms with Crippen LogP contribution in [0.1, 0.15) is 37.8 Å². The van der Waals surface area contributed by atoms with Crippen molar-refractivity contribution < 1.29 is 0 Å². The molecular weight excluding hydrogens is 186 g/mol. The van der Waals surface area contributed by atoms with E-state index in [-0.39, 0.29) is 6.04 Å². The normalized spacial score (nSPS) is 12.0. The number of hydrogen-bond donors (Lipinski definition) is 1. The maximum Gasteiger partial charge on any atom is 0.121 e. The molecule has 1 aromatic heterocycles. The lowest BCUT2D eigenvalue weighted by Gasteiger charge is -2.10. The first-order chi connectivity index (χ1) is 7.38. The lowest BCUT2D eigenvalue weighted by molar-refractivity contribution is 0.581. The van der Waals surface area contributed by atoms with E-state index in [1.54, 1.807) is 12.4 Å². The molecule has 0 amide bonds. The molecule has 0 aliphatic rings. The second-order valence-electron chi connectivity index (χ2n) is 3.50. The molecule has 3 nitrogen and oxygen atoms in total. The molecular formula is C12H17N3. The Morgan fingerprint density at radius 3 is 2.73 bits per heavy atom. The third-order valence-electron chi connectivity index (χ3n) is 2.30. The van der Waals surface area contributed by atoms with E-state index in [1.807, 2.05) is 12.1 Å². The smallest absolute Gasteiger partial charge is 0.121 e. The van der Waals surface area contributed by atoms with Crippen molar-refractivity contribution in [3.63, 3.8) is 0 Å². The Balaban J connectivity index is 2.41. The van der Waals surface area contributed by atoms with E-state index in [0.29, 0.717) is 0 Å². The minimum atomic E-state index is -0.204. The summed E-state index contributed by atoms with van der Waals surface area (Å²) in [5, 5.41) is 12.2. The summed E-state index contributed by atoms with van der Waals surface area (Å²) in [7, 11) is 0. The van der Waals surface area contributed by atoms with Crippen LogP contribution in [0.5, 0.6) is 0 Å². The van der Waals surface area contributed by atoms with Crippen molar-refractivity contribution in [1.82, 2.24) is 10.3 Å². The summed E-state index contributed by atoms with van der Waals surface area (Å²) < 4.78 is 0. The van der Waals surface area contributed by atoms with E-state index in [9.17, 15) is 0 Å².